The number of ether oxygens (including phenoxy) is 1. The van der Waals surface area contributed by atoms with Crippen molar-refractivity contribution in [3.63, 3.8) is 0 Å². The van der Waals surface area contributed by atoms with E-state index in [0.29, 0.717) is 17.6 Å². The number of rotatable bonds is 7. The van der Waals surface area contributed by atoms with Gasteiger partial charge in [-0.3, -0.25) is 0 Å². The second kappa shape index (κ2) is 7.97. The van der Waals surface area contributed by atoms with E-state index in [-0.39, 0.29) is 0 Å². The zero-order valence-corrected chi connectivity index (χ0v) is 14.8. The molecular weight excluding hydrogens is 258 g/mol. The van der Waals surface area contributed by atoms with Gasteiger partial charge in [0.25, 0.3) is 0 Å². The minimum atomic E-state index is 0.460. The lowest BCUT2D eigenvalue weighted by molar-refractivity contribution is -0.0358. The standard InChI is InChI=1S/C19H37NO/c1-5-10-20-18(16-8-6-7-9-16)14-21-17-11-15(2)12-19(3,4)13-17/h15-18,20H,5-14H2,1-4H3. The maximum absolute atomic E-state index is 6.40. The highest BCUT2D eigenvalue weighted by atomic mass is 16.5. The Morgan fingerprint density at radius 1 is 1.19 bits per heavy atom. The summed E-state index contributed by atoms with van der Waals surface area (Å²) in [6, 6.07) is 0.591. The van der Waals surface area contributed by atoms with Gasteiger partial charge in [-0.15, -0.1) is 0 Å². The van der Waals surface area contributed by atoms with Gasteiger partial charge in [0, 0.05) is 6.04 Å². The molecule has 0 radical (unpaired) electrons. The molecule has 3 atom stereocenters. The van der Waals surface area contributed by atoms with Crippen LogP contribution in [0.15, 0.2) is 0 Å². The lowest BCUT2D eigenvalue weighted by Gasteiger charge is -2.39. The molecule has 0 spiro atoms. The molecule has 0 heterocycles. The largest absolute Gasteiger partial charge is 0.377 e. The summed E-state index contributed by atoms with van der Waals surface area (Å²) in [5.74, 6) is 1.66. The van der Waals surface area contributed by atoms with Crippen molar-refractivity contribution in [1.82, 2.24) is 5.32 Å². The third-order valence-electron chi connectivity index (χ3n) is 5.48. The van der Waals surface area contributed by atoms with Crippen molar-refractivity contribution >= 4 is 0 Å². The van der Waals surface area contributed by atoms with Gasteiger partial charge in [0.05, 0.1) is 12.7 Å². The van der Waals surface area contributed by atoms with Gasteiger partial charge in [-0.2, -0.15) is 0 Å². The molecule has 2 saturated carbocycles. The number of hydrogen-bond acceptors (Lipinski definition) is 2. The van der Waals surface area contributed by atoms with E-state index in [1.807, 2.05) is 0 Å². The fourth-order valence-electron chi connectivity index (χ4n) is 4.68. The average molecular weight is 296 g/mol. The highest BCUT2D eigenvalue weighted by molar-refractivity contribution is 4.85. The van der Waals surface area contributed by atoms with Crippen LogP contribution in [0.2, 0.25) is 0 Å². The second-order valence-electron chi connectivity index (χ2n) is 8.47. The van der Waals surface area contributed by atoms with Crippen LogP contribution in [0.3, 0.4) is 0 Å². The Hall–Kier alpha value is -0.0800. The van der Waals surface area contributed by atoms with Crippen molar-refractivity contribution in [2.45, 2.75) is 91.2 Å². The molecule has 21 heavy (non-hydrogen) atoms. The van der Waals surface area contributed by atoms with Gasteiger partial charge < -0.3 is 10.1 Å². The second-order valence-corrected chi connectivity index (χ2v) is 8.47. The van der Waals surface area contributed by atoms with Crippen LogP contribution < -0.4 is 5.32 Å². The summed E-state index contributed by atoms with van der Waals surface area (Å²) in [6.07, 6.45) is 11.2. The van der Waals surface area contributed by atoms with Crippen molar-refractivity contribution in [3.05, 3.63) is 0 Å². The van der Waals surface area contributed by atoms with Crippen LogP contribution in [0.1, 0.15) is 79.1 Å². The molecule has 0 aromatic heterocycles. The van der Waals surface area contributed by atoms with E-state index in [0.717, 1.165) is 25.0 Å². The van der Waals surface area contributed by atoms with Crippen molar-refractivity contribution in [2.24, 2.45) is 17.3 Å². The molecule has 0 aromatic carbocycles. The minimum absolute atomic E-state index is 0.460. The zero-order valence-electron chi connectivity index (χ0n) is 14.8. The highest BCUT2D eigenvalue weighted by Crippen LogP contribution is 2.40. The van der Waals surface area contributed by atoms with Crippen molar-refractivity contribution < 1.29 is 4.74 Å². The molecule has 2 rings (SSSR count). The van der Waals surface area contributed by atoms with Gasteiger partial charge in [-0.05, 0) is 62.3 Å². The predicted octanol–water partition coefficient (Wildman–Crippen LogP) is 4.78. The van der Waals surface area contributed by atoms with E-state index in [2.05, 4.69) is 33.0 Å². The monoisotopic (exact) mass is 295 g/mol. The molecule has 2 heteroatoms. The molecule has 0 bridgehead atoms. The summed E-state index contributed by atoms with van der Waals surface area (Å²) in [5, 5.41) is 3.76. The summed E-state index contributed by atoms with van der Waals surface area (Å²) in [4.78, 5) is 0. The Labute approximate surface area is 132 Å². The van der Waals surface area contributed by atoms with Crippen LogP contribution in [-0.2, 0) is 4.74 Å². The van der Waals surface area contributed by atoms with Gasteiger partial charge >= 0.3 is 0 Å². The maximum atomic E-state index is 6.40. The number of hydrogen-bond donors (Lipinski definition) is 1. The molecule has 124 valence electrons. The Bertz CT molecular complexity index is 296. The molecule has 2 aliphatic rings. The molecule has 0 saturated heterocycles. The van der Waals surface area contributed by atoms with Gasteiger partial charge in [-0.1, -0.05) is 40.5 Å². The van der Waals surface area contributed by atoms with E-state index in [1.165, 1.54) is 51.4 Å². The van der Waals surface area contributed by atoms with Crippen LogP contribution in [-0.4, -0.2) is 25.3 Å². The molecule has 0 aliphatic heterocycles. The summed E-state index contributed by atoms with van der Waals surface area (Å²) >= 11 is 0. The Balaban J connectivity index is 1.82. The third kappa shape index (κ3) is 5.56. The first-order chi connectivity index (χ1) is 10.00. The third-order valence-corrected chi connectivity index (χ3v) is 5.48. The fraction of sp³-hybridized carbons (Fsp3) is 1.00. The first-order valence-corrected chi connectivity index (χ1v) is 9.35. The van der Waals surface area contributed by atoms with Crippen LogP contribution in [0.5, 0.6) is 0 Å². The minimum Gasteiger partial charge on any atom is -0.377 e. The molecular formula is C19H37NO. The number of nitrogens with one attached hydrogen (secondary N) is 1. The van der Waals surface area contributed by atoms with Gasteiger partial charge in [0.15, 0.2) is 0 Å². The molecule has 0 amide bonds. The van der Waals surface area contributed by atoms with E-state index in [4.69, 9.17) is 4.74 Å². The van der Waals surface area contributed by atoms with E-state index < -0.39 is 0 Å². The summed E-state index contributed by atoms with van der Waals surface area (Å²) in [5.41, 5.74) is 0.460. The molecule has 2 nitrogen and oxygen atoms in total. The lowest BCUT2D eigenvalue weighted by atomic mass is 9.71. The van der Waals surface area contributed by atoms with Crippen LogP contribution in [0, 0.1) is 17.3 Å². The van der Waals surface area contributed by atoms with Crippen LogP contribution in [0.25, 0.3) is 0 Å². The summed E-state index contributed by atoms with van der Waals surface area (Å²) in [7, 11) is 0. The SMILES string of the molecule is CCCNC(COC1CC(C)CC(C)(C)C1)C1CCCC1. The van der Waals surface area contributed by atoms with Crippen molar-refractivity contribution in [2.75, 3.05) is 13.2 Å². The summed E-state index contributed by atoms with van der Waals surface area (Å²) < 4.78 is 6.40. The highest BCUT2D eigenvalue weighted by Gasteiger charge is 2.33. The molecule has 1 N–H and O–H groups in total. The fourth-order valence-corrected chi connectivity index (χ4v) is 4.68. The molecule has 2 fully saturated rings. The van der Waals surface area contributed by atoms with Gasteiger partial charge in [0.2, 0.25) is 0 Å². The van der Waals surface area contributed by atoms with Gasteiger partial charge in [-0.25, -0.2) is 0 Å². The molecule has 0 aromatic rings. The Morgan fingerprint density at radius 3 is 2.52 bits per heavy atom. The lowest BCUT2D eigenvalue weighted by Crippen LogP contribution is -2.42. The quantitative estimate of drug-likeness (QED) is 0.730. The molecule has 2 aliphatic carbocycles. The maximum Gasteiger partial charge on any atom is 0.0626 e. The van der Waals surface area contributed by atoms with Crippen LogP contribution >= 0.6 is 0 Å². The topological polar surface area (TPSA) is 21.3 Å². The molecule has 3 unspecified atom stereocenters. The van der Waals surface area contributed by atoms with E-state index >= 15 is 0 Å². The van der Waals surface area contributed by atoms with E-state index in [9.17, 15) is 0 Å². The smallest absolute Gasteiger partial charge is 0.0626 e. The predicted molar refractivity (Wildman–Crippen MR) is 90.6 cm³/mol. The van der Waals surface area contributed by atoms with Crippen molar-refractivity contribution in [1.29, 1.82) is 0 Å². The first-order valence-electron chi connectivity index (χ1n) is 9.35. The van der Waals surface area contributed by atoms with E-state index in [1.54, 1.807) is 0 Å². The average Bonchev–Trinajstić information content (AvgIpc) is 2.90. The van der Waals surface area contributed by atoms with Gasteiger partial charge in [0.1, 0.15) is 0 Å². The normalized spacial score (nSPS) is 31.4. The van der Waals surface area contributed by atoms with Crippen molar-refractivity contribution in [3.8, 4) is 0 Å². The zero-order chi connectivity index (χ0) is 15.3. The summed E-state index contributed by atoms with van der Waals surface area (Å²) in [6.45, 7) is 11.5. The Morgan fingerprint density at radius 2 is 1.90 bits per heavy atom. The Kier molecular flexibility index (Phi) is 6.55. The van der Waals surface area contributed by atoms with Crippen LogP contribution in [0.4, 0.5) is 0 Å². The first kappa shape index (κ1) is 17.3.